The predicted molar refractivity (Wildman–Crippen MR) is 113 cm³/mol. The second kappa shape index (κ2) is 10.2. The molecule has 1 fully saturated rings. The van der Waals surface area contributed by atoms with Gasteiger partial charge in [0.2, 0.25) is 10.0 Å². The van der Waals surface area contributed by atoms with E-state index in [1.165, 1.54) is 19.1 Å². The first-order valence-electron chi connectivity index (χ1n) is 9.91. The number of nitrogens with one attached hydrogen (secondary N) is 1. The van der Waals surface area contributed by atoms with Gasteiger partial charge in [-0.05, 0) is 18.6 Å². The zero-order valence-corrected chi connectivity index (χ0v) is 18.4. The number of carbonyl (C=O) groups excluding carboxylic acids is 1. The Hall–Kier alpha value is -2.86. The zero-order chi connectivity index (χ0) is 23.3. The van der Waals surface area contributed by atoms with Crippen LogP contribution < -0.4 is 4.72 Å². The lowest BCUT2D eigenvalue weighted by Crippen LogP contribution is -2.56. The number of ether oxygens (including phenoxy) is 3. The van der Waals surface area contributed by atoms with Crippen LogP contribution in [0.4, 0.5) is 5.69 Å². The molecule has 0 saturated carbocycles. The smallest absolute Gasteiger partial charge is 0.303 e. The van der Waals surface area contributed by atoms with Crippen LogP contribution in [0.25, 0.3) is 0 Å². The first-order chi connectivity index (χ1) is 15.2. The molecule has 1 aliphatic rings. The van der Waals surface area contributed by atoms with Crippen molar-refractivity contribution in [1.82, 2.24) is 4.72 Å². The maximum absolute atomic E-state index is 13.0. The van der Waals surface area contributed by atoms with E-state index >= 15 is 0 Å². The number of rotatable bonds is 8. The Kier molecular flexibility index (Phi) is 7.56. The zero-order valence-electron chi connectivity index (χ0n) is 17.5. The number of hydrogen-bond acceptors (Lipinski definition) is 8. The van der Waals surface area contributed by atoms with Crippen LogP contribution in [0.1, 0.15) is 25.8 Å². The van der Waals surface area contributed by atoms with Crippen LogP contribution in [0.3, 0.4) is 0 Å². The Bertz CT molecular complexity index is 1060. The van der Waals surface area contributed by atoms with Crippen molar-refractivity contribution in [3.63, 3.8) is 0 Å². The minimum absolute atomic E-state index is 0.0367. The number of para-hydroxylation sites is 1. The molecule has 1 saturated heterocycles. The highest BCUT2D eigenvalue weighted by molar-refractivity contribution is 7.89. The Morgan fingerprint density at radius 1 is 1.19 bits per heavy atom. The molecular formula is C21H24N2O8S. The molecule has 0 unspecified atom stereocenters. The first kappa shape index (κ1) is 23.8. The van der Waals surface area contributed by atoms with Crippen molar-refractivity contribution in [2.45, 2.75) is 56.3 Å². The number of nitro benzene ring substituents is 1. The van der Waals surface area contributed by atoms with Gasteiger partial charge in [-0.1, -0.05) is 42.5 Å². The van der Waals surface area contributed by atoms with Crippen molar-refractivity contribution in [3.8, 4) is 0 Å². The van der Waals surface area contributed by atoms with Crippen molar-refractivity contribution in [3.05, 3.63) is 70.3 Å². The summed E-state index contributed by atoms with van der Waals surface area (Å²) in [7, 11) is -4.31. The molecular weight excluding hydrogens is 440 g/mol. The van der Waals surface area contributed by atoms with Gasteiger partial charge in [0.1, 0.15) is 6.10 Å². The Morgan fingerprint density at radius 2 is 1.84 bits per heavy atom. The molecule has 0 bridgehead atoms. The fourth-order valence-electron chi connectivity index (χ4n) is 3.49. The largest absolute Gasteiger partial charge is 0.458 e. The highest BCUT2D eigenvalue weighted by Crippen LogP contribution is 2.28. The van der Waals surface area contributed by atoms with E-state index in [4.69, 9.17) is 14.2 Å². The monoisotopic (exact) mass is 464 g/mol. The second-order valence-corrected chi connectivity index (χ2v) is 9.01. The van der Waals surface area contributed by atoms with E-state index in [1.54, 1.807) is 6.92 Å². The number of hydrogen-bond donors (Lipinski definition) is 1. The van der Waals surface area contributed by atoms with Crippen LogP contribution in [0.15, 0.2) is 59.5 Å². The molecule has 172 valence electrons. The quantitative estimate of drug-likeness (QED) is 0.358. The van der Waals surface area contributed by atoms with Gasteiger partial charge in [-0.3, -0.25) is 14.9 Å². The number of sulfonamides is 1. The molecule has 11 heteroatoms. The number of nitrogens with zero attached hydrogens (tertiary/aromatic N) is 1. The lowest BCUT2D eigenvalue weighted by Gasteiger charge is -2.39. The minimum atomic E-state index is -4.31. The van der Waals surface area contributed by atoms with E-state index in [9.17, 15) is 23.3 Å². The Morgan fingerprint density at radius 3 is 2.50 bits per heavy atom. The molecule has 0 amide bonds. The van der Waals surface area contributed by atoms with Gasteiger partial charge in [0, 0.05) is 19.4 Å². The molecule has 4 atom stereocenters. The molecule has 0 aromatic heterocycles. The van der Waals surface area contributed by atoms with Crippen LogP contribution in [0.5, 0.6) is 0 Å². The van der Waals surface area contributed by atoms with Crippen LogP contribution >= 0.6 is 0 Å². The normalized spacial score (nSPS) is 23.4. The highest BCUT2D eigenvalue weighted by Gasteiger charge is 2.42. The molecule has 2 aromatic carbocycles. The molecule has 0 radical (unpaired) electrons. The van der Waals surface area contributed by atoms with E-state index in [1.807, 2.05) is 30.3 Å². The molecule has 1 heterocycles. The van der Waals surface area contributed by atoms with Gasteiger partial charge < -0.3 is 14.2 Å². The van der Waals surface area contributed by atoms with Crippen molar-refractivity contribution >= 4 is 21.7 Å². The van der Waals surface area contributed by atoms with Gasteiger partial charge in [-0.15, -0.1) is 0 Å². The third kappa shape index (κ3) is 5.88. The summed E-state index contributed by atoms with van der Waals surface area (Å²) >= 11 is 0. The molecule has 0 aliphatic carbocycles. The first-order valence-corrected chi connectivity index (χ1v) is 11.4. The van der Waals surface area contributed by atoms with Gasteiger partial charge in [0.15, 0.2) is 11.2 Å². The third-order valence-electron chi connectivity index (χ3n) is 4.91. The molecule has 3 rings (SSSR count). The van der Waals surface area contributed by atoms with E-state index < -0.39 is 56.0 Å². The molecule has 10 nitrogen and oxygen atoms in total. The highest BCUT2D eigenvalue weighted by atomic mass is 32.2. The maximum Gasteiger partial charge on any atom is 0.303 e. The molecule has 2 aromatic rings. The summed E-state index contributed by atoms with van der Waals surface area (Å²) in [6, 6.07) is 13.5. The van der Waals surface area contributed by atoms with E-state index in [2.05, 4.69) is 4.72 Å². The number of nitro groups is 1. The molecule has 32 heavy (non-hydrogen) atoms. The van der Waals surface area contributed by atoms with E-state index in [0.29, 0.717) is 0 Å². The second-order valence-electron chi connectivity index (χ2n) is 7.33. The van der Waals surface area contributed by atoms with Gasteiger partial charge in [0.25, 0.3) is 5.69 Å². The van der Waals surface area contributed by atoms with Crippen molar-refractivity contribution in [2.75, 3.05) is 0 Å². The van der Waals surface area contributed by atoms with Crippen molar-refractivity contribution in [1.29, 1.82) is 0 Å². The van der Waals surface area contributed by atoms with Crippen LogP contribution in [-0.4, -0.2) is 43.9 Å². The van der Waals surface area contributed by atoms with Crippen LogP contribution in [-0.2, 0) is 35.6 Å². The fourth-order valence-corrected chi connectivity index (χ4v) is 4.93. The lowest BCUT2D eigenvalue weighted by molar-refractivity contribution is -0.387. The Labute approximate surface area is 185 Å². The van der Waals surface area contributed by atoms with Gasteiger partial charge in [0.05, 0.1) is 23.7 Å². The summed E-state index contributed by atoms with van der Waals surface area (Å²) in [5, 5.41) is 11.3. The van der Waals surface area contributed by atoms with E-state index in [0.717, 1.165) is 17.7 Å². The number of esters is 1. The SMILES string of the molecule is CC(=O)O[C@H]1[C@H](C)O[C@@H](OCc2ccccc2)C[C@H]1NS(=O)(=O)c1ccccc1[N+](=O)[O-]. The summed E-state index contributed by atoms with van der Waals surface area (Å²) in [5.74, 6) is -0.607. The average Bonchev–Trinajstić information content (AvgIpc) is 2.75. The van der Waals surface area contributed by atoms with Crippen LogP contribution in [0, 0.1) is 10.1 Å². The summed E-state index contributed by atoms with van der Waals surface area (Å²) in [4.78, 5) is 21.7. The average molecular weight is 464 g/mol. The molecule has 1 aliphatic heterocycles. The van der Waals surface area contributed by atoms with Crippen LogP contribution in [0.2, 0.25) is 0 Å². The fraction of sp³-hybridized carbons (Fsp3) is 0.381. The van der Waals surface area contributed by atoms with E-state index in [-0.39, 0.29) is 13.0 Å². The Balaban J connectivity index is 1.82. The number of benzene rings is 2. The minimum Gasteiger partial charge on any atom is -0.458 e. The van der Waals surface area contributed by atoms with Crippen molar-refractivity contribution < 1.29 is 32.3 Å². The maximum atomic E-state index is 13.0. The number of carbonyl (C=O) groups is 1. The van der Waals surface area contributed by atoms with Gasteiger partial charge in [-0.25, -0.2) is 13.1 Å². The van der Waals surface area contributed by atoms with Crippen molar-refractivity contribution in [2.24, 2.45) is 0 Å². The topological polar surface area (TPSA) is 134 Å². The van der Waals surface area contributed by atoms with Gasteiger partial charge >= 0.3 is 5.97 Å². The summed E-state index contributed by atoms with van der Waals surface area (Å²) in [6.07, 6.45) is -2.38. The lowest BCUT2D eigenvalue weighted by atomic mass is 10.0. The third-order valence-corrected chi connectivity index (χ3v) is 6.45. The summed E-state index contributed by atoms with van der Waals surface area (Å²) < 4.78 is 45.4. The molecule has 1 N–H and O–H groups in total. The summed E-state index contributed by atoms with van der Waals surface area (Å²) in [5.41, 5.74) is 0.351. The standard InChI is InChI=1S/C21H24N2O8S/c1-14-21(31-15(2)24)17(12-20(30-14)29-13-16-8-4-3-5-9-16)22-32(27,28)19-11-7-6-10-18(19)23(25)26/h3-11,14,17,20-22H,12-13H2,1-2H3/t14-,17+,20+,21-/m0/s1. The van der Waals surface area contributed by atoms with Gasteiger partial charge in [-0.2, -0.15) is 0 Å². The molecule has 0 spiro atoms. The summed E-state index contributed by atoms with van der Waals surface area (Å²) in [6.45, 7) is 3.08. The predicted octanol–water partition coefficient (Wildman–Crippen LogP) is 2.53.